The van der Waals surface area contributed by atoms with Gasteiger partial charge in [-0.25, -0.2) is 0 Å². The lowest BCUT2D eigenvalue weighted by Crippen LogP contribution is -1.72. The molecule has 1 aliphatic carbocycles. The molecule has 0 aromatic carbocycles. The van der Waals surface area contributed by atoms with Crippen molar-refractivity contribution in [3.8, 4) is 0 Å². The van der Waals surface area contributed by atoms with E-state index in [0.29, 0.717) is 0 Å². The SMILES string of the molecule is C=CCC1=CCCCC=C1. The van der Waals surface area contributed by atoms with Crippen molar-refractivity contribution in [2.75, 3.05) is 0 Å². The third-order valence-corrected chi connectivity index (χ3v) is 1.69. The lowest BCUT2D eigenvalue weighted by Gasteiger charge is -1.92. The topological polar surface area (TPSA) is 0 Å². The molecular weight excluding hydrogens is 120 g/mol. The second kappa shape index (κ2) is 4.10. The van der Waals surface area contributed by atoms with Gasteiger partial charge in [-0.15, -0.1) is 6.58 Å². The van der Waals surface area contributed by atoms with Crippen LogP contribution in [0.5, 0.6) is 0 Å². The van der Waals surface area contributed by atoms with E-state index in [0.717, 1.165) is 6.42 Å². The first-order valence-corrected chi connectivity index (χ1v) is 3.90. The molecule has 10 heavy (non-hydrogen) atoms. The summed E-state index contributed by atoms with van der Waals surface area (Å²) in [4.78, 5) is 0. The maximum absolute atomic E-state index is 3.71. The molecule has 0 aromatic rings. The van der Waals surface area contributed by atoms with Gasteiger partial charge in [-0.1, -0.05) is 24.3 Å². The van der Waals surface area contributed by atoms with Crippen molar-refractivity contribution >= 4 is 0 Å². The van der Waals surface area contributed by atoms with Crippen molar-refractivity contribution in [2.45, 2.75) is 25.7 Å². The molecule has 0 heteroatoms. The van der Waals surface area contributed by atoms with Gasteiger partial charge >= 0.3 is 0 Å². The Kier molecular flexibility index (Phi) is 3.01. The van der Waals surface area contributed by atoms with E-state index in [2.05, 4.69) is 24.8 Å². The number of hydrogen-bond donors (Lipinski definition) is 0. The molecule has 0 fully saturated rings. The van der Waals surface area contributed by atoms with Crippen LogP contribution in [0.3, 0.4) is 0 Å². The summed E-state index contributed by atoms with van der Waals surface area (Å²) in [6, 6.07) is 0. The molecule has 0 N–H and O–H groups in total. The Morgan fingerprint density at radius 1 is 1.50 bits per heavy atom. The Morgan fingerprint density at radius 3 is 3.20 bits per heavy atom. The van der Waals surface area contributed by atoms with Gasteiger partial charge in [-0.2, -0.15) is 0 Å². The summed E-state index contributed by atoms with van der Waals surface area (Å²) in [6.07, 6.45) is 13.5. The summed E-state index contributed by atoms with van der Waals surface area (Å²) in [5.41, 5.74) is 1.42. The molecule has 0 aliphatic heterocycles. The molecule has 0 radical (unpaired) electrons. The molecule has 54 valence electrons. The summed E-state index contributed by atoms with van der Waals surface area (Å²) in [5.74, 6) is 0. The van der Waals surface area contributed by atoms with Crippen LogP contribution in [-0.4, -0.2) is 0 Å². The Labute approximate surface area is 62.9 Å². The molecule has 0 amide bonds. The molecule has 1 aliphatic rings. The number of allylic oxidation sites excluding steroid dienone is 5. The zero-order valence-electron chi connectivity index (χ0n) is 6.34. The van der Waals surface area contributed by atoms with Crippen molar-refractivity contribution < 1.29 is 0 Å². The summed E-state index contributed by atoms with van der Waals surface area (Å²) in [5, 5.41) is 0. The summed E-state index contributed by atoms with van der Waals surface area (Å²) < 4.78 is 0. The minimum atomic E-state index is 1.02. The highest BCUT2D eigenvalue weighted by molar-refractivity contribution is 5.22. The molecule has 0 heterocycles. The zero-order chi connectivity index (χ0) is 7.23. The molecule has 0 aromatic heterocycles. The first-order chi connectivity index (χ1) is 4.93. The summed E-state index contributed by atoms with van der Waals surface area (Å²) >= 11 is 0. The predicted octanol–water partition coefficient (Wildman–Crippen LogP) is 3.23. The molecule has 0 nitrogen and oxygen atoms in total. The molecule has 0 saturated heterocycles. The van der Waals surface area contributed by atoms with Crippen LogP contribution in [0.2, 0.25) is 0 Å². The fraction of sp³-hybridized carbons (Fsp3) is 0.400. The van der Waals surface area contributed by atoms with Gasteiger partial charge < -0.3 is 0 Å². The fourth-order valence-electron chi connectivity index (χ4n) is 1.14. The van der Waals surface area contributed by atoms with Crippen molar-refractivity contribution in [3.63, 3.8) is 0 Å². The molecule has 0 atom stereocenters. The van der Waals surface area contributed by atoms with Gasteiger partial charge in [0.05, 0.1) is 0 Å². The monoisotopic (exact) mass is 134 g/mol. The standard InChI is InChI=1S/C10H14/c1-2-7-10-8-5-3-4-6-9-10/h2,5,8-9H,1,3-4,6-7H2. The van der Waals surface area contributed by atoms with E-state index in [-0.39, 0.29) is 0 Å². The largest absolute Gasteiger partial charge is 0.103 e. The average Bonchev–Trinajstić information content (AvgIpc) is 2.17. The predicted molar refractivity (Wildman–Crippen MR) is 45.9 cm³/mol. The van der Waals surface area contributed by atoms with Crippen molar-refractivity contribution in [2.24, 2.45) is 0 Å². The Hall–Kier alpha value is -0.780. The summed E-state index contributed by atoms with van der Waals surface area (Å²) in [7, 11) is 0. The Bertz CT molecular complexity index is 161. The highest BCUT2D eigenvalue weighted by Gasteiger charge is 1.92. The van der Waals surface area contributed by atoms with Crippen LogP contribution in [-0.2, 0) is 0 Å². The molecule has 0 saturated carbocycles. The van der Waals surface area contributed by atoms with Crippen LogP contribution in [0, 0.1) is 0 Å². The third kappa shape index (κ3) is 2.22. The second-order valence-electron chi connectivity index (χ2n) is 2.61. The zero-order valence-corrected chi connectivity index (χ0v) is 6.34. The Morgan fingerprint density at radius 2 is 2.40 bits per heavy atom. The number of rotatable bonds is 2. The molecule has 0 spiro atoms. The van der Waals surface area contributed by atoms with E-state index < -0.39 is 0 Å². The van der Waals surface area contributed by atoms with Gasteiger partial charge in [0.25, 0.3) is 0 Å². The van der Waals surface area contributed by atoms with Crippen LogP contribution in [0.1, 0.15) is 25.7 Å². The van der Waals surface area contributed by atoms with Crippen molar-refractivity contribution in [1.29, 1.82) is 0 Å². The van der Waals surface area contributed by atoms with E-state index in [4.69, 9.17) is 0 Å². The van der Waals surface area contributed by atoms with Gasteiger partial charge in [0.2, 0.25) is 0 Å². The Balaban J connectivity index is 2.52. The second-order valence-corrected chi connectivity index (χ2v) is 2.61. The molecule has 0 unspecified atom stereocenters. The van der Waals surface area contributed by atoms with Crippen LogP contribution < -0.4 is 0 Å². The highest BCUT2D eigenvalue weighted by Crippen LogP contribution is 2.12. The van der Waals surface area contributed by atoms with E-state index >= 15 is 0 Å². The minimum absolute atomic E-state index is 1.02. The van der Waals surface area contributed by atoms with E-state index in [1.165, 1.54) is 24.8 Å². The quantitative estimate of drug-likeness (QED) is 0.509. The van der Waals surface area contributed by atoms with Gasteiger partial charge in [0, 0.05) is 0 Å². The van der Waals surface area contributed by atoms with Gasteiger partial charge in [-0.05, 0) is 31.3 Å². The average molecular weight is 134 g/mol. The first-order valence-electron chi connectivity index (χ1n) is 3.90. The first kappa shape index (κ1) is 7.33. The van der Waals surface area contributed by atoms with Crippen LogP contribution >= 0.6 is 0 Å². The van der Waals surface area contributed by atoms with Crippen LogP contribution in [0.25, 0.3) is 0 Å². The highest BCUT2D eigenvalue weighted by atomic mass is 14.0. The summed E-state index contributed by atoms with van der Waals surface area (Å²) in [6.45, 7) is 3.71. The van der Waals surface area contributed by atoms with Crippen LogP contribution in [0.15, 0.2) is 36.5 Å². The third-order valence-electron chi connectivity index (χ3n) is 1.69. The molecule has 0 bridgehead atoms. The lowest BCUT2D eigenvalue weighted by atomic mass is 10.1. The van der Waals surface area contributed by atoms with E-state index in [1.54, 1.807) is 0 Å². The maximum Gasteiger partial charge on any atom is -0.0103 e. The van der Waals surface area contributed by atoms with Crippen molar-refractivity contribution in [3.05, 3.63) is 36.5 Å². The van der Waals surface area contributed by atoms with Gasteiger partial charge in [0.15, 0.2) is 0 Å². The van der Waals surface area contributed by atoms with Crippen molar-refractivity contribution in [1.82, 2.24) is 0 Å². The number of hydrogen-bond acceptors (Lipinski definition) is 0. The van der Waals surface area contributed by atoms with E-state index in [1.807, 2.05) is 6.08 Å². The van der Waals surface area contributed by atoms with Crippen LogP contribution in [0.4, 0.5) is 0 Å². The minimum Gasteiger partial charge on any atom is -0.103 e. The van der Waals surface area contributed by atoms with Gasteiger partial charge in [0.1, 0.15) is 0 Å². The molecule has 1 rings (SSSR count). The fourth-order valence-corrected chi connectivity index (χ4v) is 1.14. The van der Waals surface area contributed by atoms with E-state index in [9.17, 15) is 0 Å². The van der Waals surface area contributed by atoms with Gasteiger partial charge in [-0.3, -0.25) is 0 Å². The smallest absolute Gasteiger partial charge is 0.0103 e. The maximum atomic E-state index is 3.71. The lowest BCUT2D eigenvalue weighted by molar-refractivity contribution is 0.873. The molecular formula is C10H14. The normalized spacial score (nSPS) is 17.8.